The first-order chi connectivity index (χ1) is 6.20. The molecule has 0 aromatic rings. The van der Waals surface area contributed by atoms with Gasteiger partial charge in [0.1, 0.15) is 0 Å². The fourth-order valence-electron chi connectivity index (χ4n) is 1.48. The van der Waals surface area contributed by atoms with Crippen LogP contribution in [0.25, 0.3) is 0 Å². The molecule has 0 aliphatic heterocycles. The predicted octanol–water partition coefficient (Wildman–Crippen LogP) is 2.01. The lowest BCUT2D eigenvalue weighted by Crippen LogP contribution is -2.27. The fraction of sp³-hybridized carbons (Fsp3) is 1.00. The Bertz CT molecular complexity index is 104. The van der Waals surface area contributed by atoms with Gasteiger partial charge in [-0.3, -0.25) is 0 Å². The van der Waals surface area contributed by atoms with Crippen molar-refractivity contribution < 1.29 is 0 Å². The van der Waals surface area contributed by atoms with Gasteiger partial charge < -0.3 is 10.6 Å². The first-order valence-corrected chi connectivity index (χ1v) is 5.64. The summed E-state index contributed by atoms with van der Waals surface area (Å²) in [5.74, 6) is 0.807. The molecule has 0 aliphatic carbocycles. The van der Waals surface area contributed by atoms with Crippen LogP contribution < -0.4 is 10.6 Å². The van der Waals surface area contributed by atoms with Gasteiger partial charge in [0.15, 0.2) is 0 Å². The summed E-state index contributed by atoms with van der Waals surface area (Å²) in [6.45, 7) is 12.3. The van der Waals surface area contributed by atoms with Gasteiger partial charge in [0.25, 0.3) is 0 Å². The first-order valence-electron chi connectivity index (χ1n) is 5.64. The number of hydrogen-bond donors (Lipinski definition) is 2. The Kier molecular flexibility index (Phi) is 8.46. The van der Waals surface area contributed by atoms with E-state index in [2.05, 4.69) is 38.3 Å². The van der Waals surface area contributed by atoms with Gasteiger partial charge in [0.05, 0.1) is 0 Å². The average Bonchev–Trinajstić information content (AvgIpc) is 2.12. The normalized spacial score (nSPS) is 15.7. The van der Waals surface area contributed by atoms with Crippen LogP contribution in [-0.4, -0.2) is 25.7 Å². The highest BCUT2D eigenvalue weighted by molar-refractivity contribution is 4.63. The van der Waals surface area contributed by atoms with Crippen molar-refractivity contribution in [1.29, 1.82) is 0 Å². The maximum absolute atomic E-state index is 3.44. The van der Waals surface area contributed by atoms with E-state index in [1.54, 1.807) is 0 Å². The van der Waals surface area contributed by atoms with E-state index >= 15 is 0 Å². The highest BCUT2D eigenvalue weighted by atomic mass is 14.9. The van der Waals surface area contributed by atoms with Gasteiger partial charge in [0.2, 0.25) is 0 Å². The van der Waals surface area contributed by atoms with Gasteiger partial charge in [-0.05, 0) is 45.3 Å². The smallest absolute Gasteiger partial charge is 0.00387 e. The lowest BCUT2D eigenvalue weighted by atomic mass is 10.0. The van der Waals surface area contributed by atoms with Crippen molar-refractivity contribution in [3.8, 4) is 0 Å². The summed E-state index contributed by atoms with van der Waals surface area (Å²) in [4.78, 5) is 0. The van der Waals surface area contributed by atoms with Gasteiger partial charge in [-0.1, -0.05) is 20.8 Å². The maximum Gasteiger partial charge on any atom is 0.00387 e. The van der Waals surface area contributed by atoms with E-state index in [9.17, 15) is 0 Å². The molecule has 2 heteroatoms. The van der Waals surface area contributed by atoms with E-state index in [-0.39, 0.29) is 0 Å². The van der Waals surface area contributed by atoms with Gasteiger partial charge >= 0.3 is 0 Å². The largest absolute Gasteiger partial charge is 0.317 e. The second kappa shape index (κ2) is 8.52. The summed E-state index contributed by atoms with van der Waals surface area (Å²) in [5, 5.41) is 6.82. The summed E-state index contributed by atoms with van der Waals surface area (Å²) in [5.41, 5.74) is 0. The van der Waals surface area contributed by atoms with E-state index in [0.717, 1.165) is 25.6 Å². The number of hydrogen-bond acceptors (Lipinski definition) is 2. The molecule has 0 radical (unpaired) electrons. The molecular formula is C11H26N2. The van der Waals surface area contributed by atoms with Crippen LogP contribution in [0.15, 0.2) is 0 Å². The van der Waals surface area contributed by atoms with Crippen LogP contribution in [0.2, 0.25) is 0 Å². The van der Waals surface area contributed by atoms with E-state index in [0.29, 0.717) is 6.04 Å². The average molecular weight is 186 g/mol. The van der Waals surface area contributed by atoms with Crippen LogP contribution in [0.4, 0.5) is 0 Å². The summed E-state index contributed by atoms with van der Waals surface area (Å²) in [7, 11) is 0. The highest BCUT2D eigenvalue weighted by Crippen LogP contribution is 2.06. The van der Waals surface area contributed by atoms with E-state index in [1.807, 2.05) is 0 Å². The molecule has 0 saturated carbocycles. The molecule has 2 atom stereocenters. The molecule has 0 aliphatic rings. The van der Waals surface area contributed by atoms with E-state index in [4.69, 9.17) is 0 Å². The van der Waals surface area contributed by atoms with E-state index in [1.165, 1.54) is 12.8 Å². The third-order valence-electron chi connectivity index (χ3n) is 2.39. The summed E-state index contributed by atoms with van der Waals surface area (Å²) in [6.07, 6.45) is 2.61. The van der Waals surface area contributed by atoms with Crippen LogP contribution in [0.1, 0.15) is 40.5 Å². The van der Waals surface area contributed by atoms with Crippen molar-refractivity contribution in [2.24, 2.45) is 5.92 Å². The van der Waals surface area contributed by atoms with Crippen LogP contribution in [-0.2, 0) is 0 Å². The van der Waals surface area contributed by atoms with Crippen molar-refractivity contribution in [3.05, 3.63) is 0 Å². The monoisotopic (exact) mass is 186 g/mol. The van der Waals surface area contributed by atoms with Crippen LogP contribution in [0, 0.1) is 5.92 Å². The third kappa shape index (κ3) is 8.26. The lowest BCUT2D eigenvalue weighted by molar-refractivity contribution is 0.424. The zero-order valence-corrected chi connectivity index (χ0v) is 9.69. The minimum atomic E-state index is 0.675. The SMILES string of the molecule is CCNCC(C)CCC(C)NCC. The fourth-order valence-corrected chi connectivity index (χ4v) is 1.48. The Hall–Kier alpha value is -0.0800. The highest BCUT2D eigenvalue weighted by Gasteiger charge is 2.04. The van der Waals surface area contributed by atoms with Gasteiger partial charge in [-0.25, -0.2) is 0 Å². The second-order valence-electron chi connectivity index (χ2n) is 3.95. The zero-order chi connectivity index (χ0) is 10.1. The second-order valence-corrected chi connectivity index (χ2v) is 3.95. The minimum absolute atomic E-state index is 0.675. The van der Waals surface area contributed by atoms with Crippen molar-refractivity contribution in [2.45, 2.75) is 46.6 Å². The van der Waals surface area contributed by atoms with Crippen molar-refractivity contribution in [1.82, 2.24) is 10.6 Å². The molecule has 0 saturated heterocycles. The minimum Gasteiger partial charge on any atom is -0.317 e. The first kappa shape index (κ1) is 12.9. The molecule has 2 nitrogen and oxygen atoms in total. The molecule has 0 fully saturated rings. The molecule has 0 aromatic heterocycles. The Balaban J connectivity index is 3.29. The summed E-state index contributed by atoms with van der Waals surface area (Å²) in [6, 6.07) is 0.675. The Morgan fingerprint density at radius 3 is 2.23 bits per heavy atom. The zero-order valence-electron chi connectivity index (χ0n) is 9.69. The topological polar surface area (TPSA) is 24.1 Å². The molecular weight excluding hydrogens is 160 g/mol. The Morgan fingerprint density at radius 2 is 1.69 bits per heavy atom. The van der Waals surface area contributed by atoms with Crippen molar-refractivity contribution in [3.63, 3.8) is 0 Å². The lowest BCUT2D eigenvalue weighted by Gasteiger charge is -2.16. The Morgan fingerprint density at radius 1 is 1.00 bits per heavy atom. The molecule has 0 amide bonds. The standard InChI is InChI=1S/C11H26N2/c1-5-12-9-10(3)7-8-11(4)13-6-2/h10-13H,5-9H2,1-4H3. The molecule has 0 heterocycles. The molecule has 0 spiro atoms. The van der Waals surface area contributed by atoms with E-state index < -0.39 is 0 Å². The summed E-state index contributed by atoms with van der Waals surface area (Å²) >= 11 is 0. The Labute approximate surface area is 83.5 Å². The molecule has 0 rings (SSSR count). The molecule has 2 unspecified atom stereocenters. The molecule has 0 aromatic carbocycles. The number of rotatable bonds is 8. The quantitative estimate of drug-likeness (QED) is 0.606. The van der Waals surface area contributed by atoms with Gasteiger partial charge in [-0.15, -0.1) is 0 Å². The number of nitrogens with one attached hydrogen (secondary N) is 2. The third-order valence-corrected chi connectivity index (χ3v) is 2.39. The summed E-state index contributed by atoms with van der Waals surface area (Å²) < 4.78 is 0. The van der Waals surface area contributed by atoms with Crippen molar-refractivity contribution >= 4 is 0 Å². The molecule has 80 valence electrons. The molecule has 2 N–H and O–H groups in total. The van der Waals surface area contributed by atoms with Crippen LogP contribution in [0.5, 0.6) is 0 Å². The van der Waals surface area contributed by atoms with Crippen LogP contribution in [0.3, 0.4) is 0 Å². The molecule has 0 bridgehead atoms. The predicted molar refractivity (Wildman–Crippen MR) is 60.1 cm³/mol. The van der Waals surface area contributed by atoms with Crippen molar-refractivity contribution in [2.75, 3.05) is 19.6 Å². The van der Waals surface area contributed by atoms with Gasteiger partial charge in [0, 0.05) is 6.04 Å². The van der Waals surface area contributed by atoms with Crippen LogP contribution >= 0.6 is 0 Å². The van der Waals surface area contributed by atoms with Gasteiger partial charge in [-0.2, -0.15) is 0 Å². The maximum atomic E-state index is 3.44. The molecule has 13 heavy (non-hydrogen) atoms.